The Morgan fingerprint density at radius 2 is 1.25 bits per heavy atom. The second-order valence-corrected chi connectivity index (χ2v) is 7.26. The van der Waals surface area contributed by atoms with Crippen LogP contribution in [0.3, 0.4) is 0 Å². The van der Waals surface area contributed by atoms with E-state index < -0.39 is 0 Å². The lowest BCUT2D eigenvalue weighted by Crippen LogP contribution is -2.47. The molecule has 2 rings (SSSR count). The zero-order valence-electron chi connectivity index (χ0n) is 13.8. The maximum Gasteiger partial charge on any atom is 0.141 e. The Morgan fingerprint density at radius 3 is 1.60 bits per heavy atom. The molecule has 2 aliphatic rings. The van der Waals surface area contributed by atoms with Crippen LogP contribution in [0.15, 0.2) is 0 Å². The molecule has 2 atom stereocenters. The van der Waals surface area contributed by atoms with Gasteiger partial charge in [-0.25, -0.2) is 0 Å². The van der Waals surface area contributed by atoms with Crippen LogP contribution >= 0.6 is 0 Å². The van der Waals surface area contributed by atoms with Crippen molar-refractivity contribution in [2.75, 3.05) is 26.2 Å². The predicted octanol–water partition coefficient (Wildman–Crippen LogP) is 2.80. The number of piperidine rings is 2. The van der Waals surface area contributed by atoms with Crippen molar-refractivity contribution in [3.63, 3.8) is 0 Å². The normalized spacial score (nSPS) is 30.1. The molecule has 0 saturated carbocycles. The Morgan fingerprint density at radius 1 is 0.850 bits per heavy atom. The first-order chi connectivity index (χ1) is 9.49. The third-order valence-electron chi connectivity index (χ3n) is 5.17. The van der Waals surface area contributed by atoms with Crippen molar-refractivity contribution in [2.24, 2.45) is 11.8 Å². The van der Waals surface area contributed by atoms with Gasteiger partial charge in [0.2, 0.25) is 0 Å². The van der Waals surface area contributed by atoms with Gasteiger partial charge in [0.15, 0.2) is 0 Å². The van der Waals surface area contributed by atoms with E-state index in [9.17, 15) is 4.79 Å². The molecule has 0 radical (unpaired) electrons. The second kappa shape index (κ2) is 7.04. The van der Waals surface area contributed by atoms with Crippen LogP contribution in [0.5, 0.6) is 0 Å². The molecule has 0 aromatic carbocycles. The fourth-order valence-electron chi connectivity index (χ4n) is 3.75. The Hall–Kier alpha value is -0.410. The van der Waals surface area contributed by atoms with Crippen LogP contribution < -0.4 is 0 Å². The number of hydrogen-bond acceptors (Lipinski definition) is 3. The van der Waals surface area contributed by atoms with Gasteiger partial charge >= 0.3 is 0 Å². The molecule has 2 heterocycles. The molecule has 2 fully saturated rings. The lowest BCUT2D eigenvalue weighted by Gasteiger charge is -2.39. The fraction of sp³-hybridized carbons (Fsp3) is 0.941. The van der Waals surface area contributed by atoms with Crippen molar-refractivity contribution < 1.29 is 4.79 Å². The summed E-state index contributed by atoms with van der Waals surface area (Å²) in [5.41, 5.74) is 0. The van der Waals surface area contributed by atoms with Crippen molar-refractivity contribution in [1.29, 1.82) is 0 Å². The van der Waals surface area contributed by atoms with E-state index in [1.165, 1.54) is 25.9 Å². The maximum atomic E-state index is 12.8. The van der Waals surface area contributed by atoms with E-state index >= 15 is 0 Å². The minimum absolute atomic E-state index is 0.295. The van der Waals surface area contributed by atoms with E-state index in [2.05, 4.69) is 37.5 Å². The molecule has 2 saturated heterocycles. The highest BCUT2D eigenvalue weighted by Crippen LogP contribution is 2.27. The van der Waals surface area contributed by atoms with E-state index in [0.717, 1.165) is 25.9 Å². The van der Waals surface area contributed by atoms with Crippen molar-refractivity contribution >= 4 is 5.78 Å². The highest BCUT2D eigenvalue weighted by atomic mass is 16.1. The molecular weight excluding hydrogens is 248 g/mol. The molecule has 0 aliphatic carbocycles. The summed E-state index contributed by atoms with van der Waals surface area (Å²) in [7, 11) is 0. The monoisotopic (exact) mass is 280 g/mol. The molecule has 116 valence electrons. The average Bonchev–Trinajstić information content (AvgIpc) is 2.46. The minimum atomic E-state index is 0.295. The molecule has 3 heteroatoms. The highest BCUT2D eigenvalue weighted by Gasteiger charge is 2.34. The summed E-state index contributed by atoms with van der Waals surface area (Å²) < 4.78 is 0. The van der Waals surface area contributed by atoms with E-state index in [0.29, 0.717) is 29.7 Å². The molecule has 2 unspecified atom stereocenters. The number of ketones is 1. The molecule has 0 N–H and O–H groups in total. The number of nitrogens with zero attached hydrogens (tertiary/aromatic N) is 2. The summed E-state index contributed by atoms with van der Waals surface area (Å²) >= 11 is 0. The number of carbonyl (C=O) groups excluding carboxylic acids is 1. The molecule has 0 aromatic rings. The Bertz CT molecular complexity index is 297. The highest BCUT2D eigenvalue weighted by molar-refractivity contribution is 5.84. The van der Waals surface area contributed by atoms with Gasteiger partial charge in [0, 0.05) is 37.0 Å². The van der Waals surface area contributed by atoms with Gasteiger partial charge in [-0.05, 0) is 66.5 Å². The average molecular weight is 280 g/mol. The van der Waals surface area contributed by atoms with Gasteiger partial charge in [0.1, 0.15) is 5.78 Å². The van der Waals surface area contributed by atoms with E-state index in [1.807, 2.05) is 0 Å². The summed E-state index contributed by atoms with van der Waals surface area (Å²) in [5.74, 6) is 1.15. The molecule has 0 aromatic heterocycles. The van der Waals surface area contributed by atoms with E-state index in [4.69, 9.17) is 0 Å². The number of carbonyl (C=O) groups is 1. The maximum absolute atomic E-state index is 12.8. The van der Waals surface area contributed by atoms with Crippen LogP contribution in [0, 0.1) is 11.8 Å². The molecule has 0 spiro atoms. The van der Waals surface area contributed by atoms with Gasteiger partial charge in [-0.2, -0.15) is 0 Å². The lowest BCUT2D eigenvalue weighted by atomic mass is 9.82. The first kappa shape index (κ1) is 16.0. The van der Waals surface area contributed by atoms with Gasteiger partial charge < -0.3 is 9.80 Å². The third kappa shape index (κ3) is 3.82. The SMILES string of the molecule is CC(C)N1CCCC(C(=O)C2CCCN(C(C)C)C2)C1. The summed E-state index contributed by atoms with van der Waals surface area (Å²) in [6.45, 7) is 13.3. The summed E-state index contributed by atoms with van der Waals surface area (Å²) in [6.07, 6.45) is 4.60. The molecule has 20 heavy (non-hydrogen) atoms. The number of Topliss-reactive ketones (excluding diaryl/α,β-unsaturated/α-hetero) is 1. The van der Waals surface area contributed by atoms with Gasteiger partial charge in [-0.1, -0.05) is 0 Å². The van der Waals surface area contributed by atoms with E-state index in [-0.39, 0.29) is 0 Å². The van der Waals surface area contributed by atoms with Crippen LogP contribution in [0.25, 0.3) is 0 Å². The zero-order valence-corrected chi connectivity index (χ0v) is 13.8. The van der Waals surface area contributed by atoms with Gasteiger partial charge in [-0.3, -0.25) is 4.79 Å². The van der Waals surface area contributed by atoms with Crippen molar-refractivity contribution in [3.8, 4) is 0 Å². The Balaban J connectivity index is 1.93. The van der Waals surface area contributed by atoms with Crippen molar-refractivity contribution in [3.05, 3.63) is 0 Å². The molecule has 3 nitrogen and oxygen atoms in total. The van der Waals surface area contributed by atoms with Gasteiger partial charge in [-0.15, -0.1) is 0 Å². The first-order valence-electron chi connectivity index (χ1n) is 8.51. The Labute approximate surface area is 124 Å². The summed E-state index contributed by atoms with van der Waals surface area (Å²) in [4.78, 5) is 17.8. The number of rotatable bonds is 4. The van der Waals surface area contributed by atoms with Crippen LogP contribution in [0.1, 0.15) is 53.4 Å². The topological polar surface area (TPSA) is 23.6 Å². The number of hydrogen-bond donors (Lipinski definition) is 0. The first-order valence-corrected chi connectivity index (χ1v) is 8.51. The van der Waals surface area contributed by atoms with Gasteiger partial charge in [0.05, 0.1) is 0 Å². The second-order valence-electron chi connectivity index (χ2n) is 7.26. The predicted molar refractivity (Wildman–Crippen MR) is 83.9 cm³/mol. The van der Waals surface area contributed by atoms with Crippen molar-refractivity contribution in [1.82, 2.24) is 9.80 Å². The molecule has 0 amide bonds. The van der Waals surface area contributed by atoms with Crippen molar-refractivity contribution in [2.45, 2.75) is 65.5 Å². The Kier molecular flexibility index (Phi) is 5.62. The van der Waals surface area contributed by atoms with Gasteiger partial charge in [0.25, 0.3) is 0 Å². The molecular formula is C17H32N2O. The minimum Gasteiger partial charge on any atom is -0.300 e. The summed E-state index contributed by atoms with van der Waals surface area (Å²) in [5, 5.41) is 0. The van der Waals surface area contributed by atoms with Crippen LogP contribution in [0.2, 0.25) is 0 Å². The zero-order chi connectivity index (χ0) is 14.7. The fourth-order valence-corrected chi connectivity index (χ4v) is 3.75. The largest absolute Gasteiger partial charge is 0.300 e. The van der Waals surface area contributed by atoms with Crippen LogP contribution in [-0.4, -0.2) is 53.8 Å². The molecule has 2 aliphatic heterocycles. The number of likely N-dealkylation sites (tertiary alicyclic amines) is 2. The quantitative estimate of drug-likeness (QED) is 0.791. The smallest absolute Gasteiger partial charge is 0.141 e. The van der Waals surface area contributed by atoms with E-state index in [1.54, 1.807) is 0 Å². The summed E-state index contributed by atoms with van der Waals surface area (Å²) in [6, 6.07) is 1.15. The van der Waals surface area contributed by atoms with Crippen LogP contribution in [0.4, 0.5) is 0 Å². The molecule has 0 bridgehead atoms. The van der Waals surface area contributed by atoms with Crippen LogP contribution in [-0.2, 0) is 4.79 Å². The third-order valence-corrected chi connectivity index (χ3v) is 5.17. The lowest BCUT2D eigenvalue weighted by molar-refractivity contribution is -0.130. The standard InChI is InChI=1S/C17H32N2O/c1-13(2)18-9-5-7-15(11-18)17(20)16-8-6-10-19(12-16)14(3)4/h13-16H,5-12H2,1-4H3.